The Morgan fingerprint density at radius 3 is 2.88 bits per heavy atom. The number of carbonyl (C=O) groups is 1. The molecule has 4 nitrogen and oxygen atoms in total. The van der Waals surface area contributed by atoms with E-state index in [0.29, 0.717) is 16.5 Å². The fourth-order valence-electron chi connectivity index (χ4n) is 4.22. The number of fused-ring (bicyclic) bond motifs is 1. The maximum absolute atomic E-state index is 13.4. The lowest BCUT2D eigenvalue weighted by Gasteiger charge is -2.38. The van der Waals surface area contributed by atoms with Crippen LogP contribution in [0.25, 0.3) is 11.3 Å². The third-order valence-electron chi connectivity index (χ3n) is 5.63. The molecule has 1 unspecified atom stereocenters. The molecule has 1 aromatic carbocycles. The number of likely N-dealkylation sites (tertiary alicyclic amines) is 1. The number of hydrogen-bond acceptors (Lipinski definition) is 2. The van der Waals surface area contributed by atoms with Crippen molar-refractivity contribution in [3.63, 3.8) is 0 Å². The smallest absolute Gasteiger partial charge is 0.261 e. The topological polar surface area (TPSA) is 38.1 Å². The van der Waals surface area contributed by atoms with Gasteiger partial charge in [-0.15, -0.1) is 0 Å². The van der Waals surface area contributed by atoms with Crippen LogP contribution < -0.4 is 0 Å². The highest BCUT2D eigenvalue weighted by Crippen LogP contribution is 2.37. The number of amides is 1. The first-order chi connectivity index (χ1) is 12.6. The molecule has 2 heterocycles. The molecule has 136 valence electrons. The minimum Gasteiger partial charge on any atom is -0.312 e. The number of aromatic nitrogens is 2. The third kappa shape index (κ3) is 2.96. The van der Waals surface area contributed by atoms with Crippen LogP contribution in [0.15, 0.2) is 36.2 Å². The Morgan fingerprint density at radius 2 is 2.08 bits per heavy atom. The van der Waals surface area contributed by atoms with Crippen molar-refractivity contribution in [1.82, 2.24) is 14.7 Å². The van der Waals surface area contributed by atoms with E-state index in [9.17, 15) is 4.79 Å². The van der Waals surface area contributed by atoms with E-state index >= 15 is 0 Å². The Kier molecular flexibility index (Phi) is 4.62. The van der Waals surface area contributed by atoms with Crippen molar-refractivity contribution in [2.45, 2.75) is 39.0 Å². The van der Waals surface area contributed by atoms with Gasteiger partial charge in [0.05, 0.1) is 17.5 Å². The summed E-state index contributed by atoms with van der Waals surface area (Å²) in [5.41, 5.74) is 4.66. The number of benzene rings is 1. The molecule has 0 radical (unpaired) electrons. The maximum atomic E-state index is 13.4. The Hall–Kier alpha value is -2.07. The highest BCUT2D eigenvalue weighted by Gasteiger charge is 2.32. The van der Waals surface area contributed by atoms with Crippen molar-refractivity contribution >= 4 is 17.5 Å². The molecule has 4 rings (SSSR count). The molecule has 5 heteroatoms. The van der Waals surface area contributed by atoms with Crippen LogP contribution in [0.4, 0.5) is 0 Å². The molecular weight excluding hydrogens is 346 g/mol. The number of rotatable bonds is 2. The lowest BCUT2D eigenvalue weighted by molar-refractivity contribution is 0.0749. The highest BCUT2D eigenvalue weighted by molar-refractivity contribution is 6.31. The fourth-order valence-corrected chi connectivity index (χ4v) is 4.40. The molecule has 1 fully saturated rings. The minimum atomic E-state index is 0.0580. The van der Waals surface area contributed by atoms with Gasteiger partial charge in [-0.2, -0.15) is 5.10 Å². The van der Waals surface area contributed by atoms with Crippen LogP contribution >= 0.6 is 11.6 Å². The highest BCUT2D eigenvalue weighted by atomic mass is 35.5. The predicted octanol–water partition coefficient (Wildman–Crippen LogP) is 4.97. The van der Waals surface area contributed by atoms with Gasteiger partial charge >= 0.3 is 0 Å². The summed E-state index contributed by atoms with van der Waals surface area (Å²) < 4.78 is 1.77. The summed E-state index contributed by atoms with van der Waals surface area (Å²) in [5.74, 6) is 0.595. The van der Waals surface area contributed by atoms with E-state index in [-0.39, 0.29) is 5.91 Å². The average Bonchev–Trinajstić information content (AvgIpc) is 3.04. The van der Waals surface area contributed by atoms with Crippen molar-refractivity contribution in [3.8, 4) is 11.3 Å². The molecule has 1 saturated heterocycles. The van der Waals surface area contributed by atoms with Crippen LogP contribution in [-0.4, -0.2) is 27.1 Å². The molecule has 0 saturated carbocycles. The van der Waals surface area contributed by atoms with Crippen LogP contribution in [0.5, 0.6) is 0 Å². The second-order valence-electron chi connectivity index (χ2n) is 7.35. The molecule has 0 N–H and O–H groups in total. The Labute approximate surface area is 159 Å². The van der Waals surface area contributed by atoms with E-state index in [1.165, 1.54) is 25.0 Å². The van der Waals surface area contributed by atoms with Gasteiger partial charge in [0.15, 0.2) is 0 Å². The number of hydrogen-bond donors (Lipinski definition) is 0. The molecule has 1 atom stereocenters. The summed E-state index contributed by atoms with van der Waals surface area (Å²) >= 11 is 6.32. The zero-order valence-electron chi connectivity index (χ0n) is 15.3. The van der Waals surface area contributed by atoms with Crippen molar-refractivity contribution < 1.29 is 4.79 Å². The van der Waals surface area contributed by atoms with Gasteiger partial charge in [0.25, 0.3) is 5.91 Å². The predicted molar refractivity (Wildman–Crippen MR) is 104 cm³/mol. The van der Waals surface area contributed by atoms with Gasteiger partial charge in [-0.1, -0.05) is 29.8 Å². The summed E-state index contributed by atoms with van der Waals surface area (Å²) in [6, 6.07) is 5.91. The van der Waals surface area contributed by atoms with Crippen molar-refractivity contribution in [2.75, 3.05) is 6.54 Å². The number of nitrogens with zero attached hydrogens (tertiary/aromatic N) is 3. The molecule has 1 aliphatic carbocycles. The van der Waals surface area contributed by atoms with Gasteiger partial charge < -0.3 is 4.90 Å². The zero-order chi connectivity index (χ0) is 18.3. The Balaban J connectivity index is 1.73. The van der Waals surface area contributed by atoms with E-state index < -0.39 is 0 Å². The van der Waals surface area contributed by atoms with Gasteiger partial charge in [-0.3, -0.25) is 9.48 Å². The summed E-state index contributed by atoms with van der Waals surface area (Å²) in [6.07, 6.45) is 9.73. The first kappa shape index (κ1) is 17.3. The summed E-state index contributed by atoms with van der Waals surface area (Å²) in [5, 5.41) is 5.08. The normalized spacial score (nSPS) is 19.9. The van der Waals surface area contributed by atoms with Crippen molar-refractivity contribution in [3.05, 3.63) is 52.3 Å². The fraction of sp³-hybridized carbons (Fsp3) is 0.429. The lowest BCUT2D eigenvalue weighted by atomic mass is 9.84. The SMILES string of the molecule is Cc1ccc(-c2c(C(=O)N3CCCC4CCCC=C43)cnn2C)cc1Cl. The van der Waals surface area contributed by atoms with E-state index in [2.05, 4.69) is 11.2 Å². The molecule has 1 amide bonds. The minimum absolute atomic E-state index is 0.0580. The van der Waals surface area contributed by atoms with Crippen LogP contribution in [-0.2, 0) is 7.05 Å². The largest absolute Gasteiger partial charge is 0.312 e. The number of halogens is 1. The second kappa shape index (κ2) is 6.92. The Bertz CT molecular complexity index is 883. The standard InChI is InChI=1S/C21H24ClN3O/c1-14-9-10-16(12-18(14)22)20-17(13-23-24(20)2)21(26)25-11-5-7-15-6-3-4-8-19(15)25/h8-10,12-13,15H,3-7,11H2,1-2H3. The quantitative estimate of drug-likeness (QED) is 0.749. The van der Waals surface area contributed by atoms with Crippen LogP contribution in [0.2, 0.25) is 5.02 Å². The van der Waals surface area contributed by atoms with E-state index in [4.69, 9.17) is 11.6 Å². The number of carbonyl (C=O) groups excluding carboxylic acids is 1. The molecular formula is C21H24ClN3O. The van der Waals surface area contributed by atoms with Gasteiger partial charge in [0, 0.05) is 29.9 Å². The Morgan fingerprint density at radius 1 is 1.27 bits per heavy atom. The summed E-state index contributed by atoms with van der Waals surface area (Å²) in [6.45, 7) is 2.77. The molecule has 26 heavy (non-hydrogen) atoms. The molecule has 0 bridgehead atoms. The maximum Gasteiger partial charge on any atom is 0.261 e. The molecule has 1 aromatic heterocycles. The van der Waals surface area contributed by atoms with Crippen LogP contribution in [0.3, 0.4) is 0 Å². The molecule has 0 spiro atoms. The van der Waals surface area contributed by atoms with Crippen LogP contribution in [0.1, 0.15) is 48.0 Å². The third-order valence-corrected chi connectivity index (χ3v) is 6.04. The molecule has 2 aliphatic rings. The van der Waals surface area contributed by atoms with Gasteiger partial charge in [0.2, 0.25) is 0 Å². The monoisotopic (exact) mass is 369 g/mol. The van der Waals surface area contributed by atoms with Crippen LogP contribution in [0, 0.1) is 12.8 Å². The first-order valence-corrected chi connectivity index (χ1v) is 9.74. The van der Waals surface area contributed by atoms with E-state index in [1.807, 2.05) is 37.1 Å². The van der Waals surface area contributed by atoms with Crippen molar-refractivity contribution in [1.29, 1.82) is 0 Å². The summed E-state index contributed by atoms with van der Waals surface area (Å²) in [4.78, 5) is 15.4. The van der Waals surface area contributed by atoms with E-state index in [1.54, 1.807) is 10.9 Å². The first-order valence-electron chi connectivity index (χ1n) is 9.36. The summed E-state index contributed by atoms with van der Waals surface area (Å²) in [7, 11) is 1.87. The molecule has 2 aromatic rings. The molecule has 1 aliphatic heterocycles. The zero-order valence-corrected chi connectivity index (χ0v) is 16.1. The van der Waals surface area contributed by atoms with Crippen molar-refractivity contribution in [2.24, 2.45) is 13.0 Å². The van der Waals surface area contributed by atoms with Gasteiger partial charge in [-0.25, -0.2) is 0 Å². The van der Waals surface area contributed by atoms with E-state index in [0.717, 1.165) is 36.2 Å². The number of aryl methyl sites for hydroxylation is 2. The number of allylic oxidation sites excluding steroid dienone is 2. The lowest BCUT2D eigenvalue weighted by Crippen LogP contribution is -2.39. The second-order valence-corrected chi connectivity index (χ2v) is 7.76. The number of piperidine rings is 1. The van der Waals surface area contributed by atoms with Gasteiger partial charge in [0.1, 0.15) is 0 Å². The average molecular weight is 370 g/mol. The van der Waals surface area contributed by atoms with Gasteiger partial charge in [-0.05, 0) is 56.6 Å².